The Bertz CT molecular complexity index is 1490. The number of carbonyl (C=O) groups excluding carboxylic acids is 1. The van der Waals surface area contributed by atoms with E-state index in [0.29, 0.717) is 22.7 Å². The number of amides is 1. The molecular weight excluding hydrogens is 420 g/mol. The highest BCUT2D eigenvalue weighted by molar-refractivity contribution is 7.22. The lowest BCUT2D eigenvalue weighted by molar-refractivity contribution is -0.119. The van der Waals surface area contributed by atoms with E-state index in [1.807, 2.05) is 73.7 Å². The normalized spacial score (nSPS) is 11.2. The third-order valence-corrected chi connectivity index (χ3v) is 6.41. The Morgan fingerprint density at radius 1 is 1.00 bits per heavy atom. The number of nitrogens with zero attached hydrogens (tertiary/aromatic N) is 4. The van der Waals surface area contributed by atoms with E-state index >= 15 is 0 Å². The van der Waals surface area contributed by atoms with Gasteiger partial charge in [-0.3, -0.25) is 19.1 Å². The summed E-state index contributed by atoms with van der Waals surface area (Å²) < 4.78 is 2.50. The van der Waals surface area contributed by atoms with Gasteiger partial charge in [-0.2, -0.15) is 0 Å². The maximum atomic E-state index is 13.6. The maximum Gasteiger partial charge on any atom is 0.269 e. The van der Waals surface area contributed by atoms with Crippen molar-refractivity contribution in [2.45, 2.75) is 20.0 Å². The van der Waals surface area contributed by atoms with Gasteiger partial charge in [-0.15, -0.1) is 0 Å². The van der Waals surface area contributed by atoms with Crippen molar-refractivity contribution in [1.29, 1.82) is 0 Å². The minimum Gasteiger partial charge on any atom is -0.296 e. The van der Waals surface area contributed by atoms with Crippen LogP contribution in [0.25, 0.3) is 21.3 Å². The lowest BCUT2D eigenvalue weighted by Crippen LogP contribution is -2.36. The number of aryl methyl sites for hydroxylation is 1. The van der Waals surface area contributed by atoms with Gasteiger partial charge in [-0.25, -0.2) is 9.97 Å². The Balaban J connectivity index is 1.57. The average molecular weight is 441 g/mol. The number of aromatic nitrogens is 3. The zero-order valence-electron chi connectivity index (χ0n) is 17.4. The molecule has 5 aromatic rings. The lowest BCUT2D eigenvalue weighted by atomic mass is 10.2. The van der Waals surface area contributed by atoms with Crippen LogP contribution in [0.5, 0.6) is 0 Å². The zero-order chi connectivity index (χ0) is 22.1. The summed E-state index contributed by atoms with van der Waals surface area (Å²) in [6.45, 7) is 2.29. The van der Waals surface area contributed by atoms with Gasteiger partial charge in [0.1, 0.15) is 6.54 Å². The molecule has 0 unspecified atom stereocenters. The summed E-state index contributed by atoms with van der Waals surface area (Å²) >= 11 is 1.48. The van der Waals surface area contributed by atoms with Crippen LogP contribution in [0.1, 0.15) is 11.1 Å². The minimum absolute atomic E-state index is 0.0936. The Labute approximate surface area is 188 Å². The fraction of sp³-hybridized carbons (Fsp3) is 0.120. The van der Waals surface area contributed by atoms with Crippen molar-refractivity contribution in [3.05, 3.63) is 100 Å². The van der Waals surface area contributed by atoms with Gasteiger partial charge < -0.3 is 0 Å². The van der Waals surface area contributed by atoms with Gasteiger partial charge in [0.25, 0.3) is 5.56 Å². The van der Waals surface area contributed by atoms with E-state index in [1.54, 1.807) is 11.0 Å². The topological polar surface area (TPSA) is 68.1 Å². The van der Waals surface area contributed by atoms with Crippen molar-refractivity contribution in [2.24, 2.45) is 0 Å². The molecule has 0 fully saturated rings. The monoisotopic (exact) mass is 440 g/mol. The van der Waals surface area contributed by atoms with Gasteiger partial charge in [0.15, 0.2) is 5.13 Å². The van der Waals surface area contributed by atoms with Crippen molar-refractivity contribution in [3.8, 4) is 0 Å². The molecule has 32 heavy (non-hydrogen) atoms. The van der Waals surface area contributed by atoms with Crippen LogP contribution in [0.2, 0.25) is 0 Å². The highest BCUT2D eigenvalue weighted by Crippen LogP contribution is 2.31. The molecule has 3 aromatic carbocycles. The SMILES string of the molecule is Cc1cccc2sc(N(Cc3ccccc3)C(=O)Cn3c(=O)cnc4ccccc43)nc12. The average Bonchev–Trinajstić information content (AvgIpc) is 3.25. The number of hydrogen-bond acceptors (Lipinski definition) is 5. The van der Waals surface area contributed by atoms with Gasteiger partial charge in [-0.1, -0.05) is 65.9 Å². The first kappa shape index (κ1) is 20.1. The van der Waals surface area contributed by atoms with E-state index in [2.05, 4.69) is 4.98 Å². The van der Waals surface area contributed by atoms with Crippen LogP contribution in [0.4, 0.5) is 5.13 Å². The molecule has 0 radical (unpaired) electrons. The summed E-state index contributed by atoms with van der Waals surface area (Å²) in [5.74, 6) is -0.205. The second kappa shape index (κ2) is 8.36. The van der Waals surface area contributed by atoms with Gasteiger partial charge in [0, 0.05) is 0 Å². The molecule has 1 amide bonds. The number of benzene rings is 3. The fourth-order valence-electron chi connectivity index (χ4n) is 3.72. The number of carbonyl (C=O) groups is 1. The lowest BCUT2D eigenvalue weighted by Gasteiger charge is -2.21. The first-order valence-electron chi connectivity index (χ1n) is 10.3. The van der Waals surface area contributed by atoms with Gasteiger partial charge in [0.05, 0.1) is 34.0 Å². The number of fused-ring (bicyclic) bond motifs is 2. The van der Waals surface area contributed by atoms with Crippen LogP contribution >= 0.6 is 11.3 Å². The second-order valence-corrected chi connectivity index (χ2v) is 8.56. The Hall–Kier alpha value is -3.84. The van der Waals surface area contributed by atoms with E-state index in [9.17, 15) is 9.59 Å². The second-order valence-electron chi connectivity index (χ2n) is 7.55. The third-order valence-electron chi connectivity index (χ3n) is 5.37. The van der Waals surface area contributed by atoms with Crippen LogP contribution in [0.3, 0.4) is 0 Å². The van der Waals surface area contributed by atoms with Crippen LogP contribution in [0, 0.1) is 6.92 Å². The van der Waals surface area contributed by atoms with E-state index in [1.165, 1.54) is 22.1 Å². The molecule has 2 aromatic heterocycles. The molecule has 0 aliphatic carbocycles. The third kappa shape index (κ3) is 3.78. The van der Waals surface area contributed by atoms with Crippen molar-refractivity contribution in [2.75, 3.05) is 4.90 Å². The summed E-state index contributed by atoms with van der Waals surface area (Å²) in [7, 11) is 0. The molecule has 0 bridgehead atoms. The maximum absolute atomic E-state index is 13.6. The summed E-state index contributed by atoms with van der Waals surface area (Å²) in [6.07, 6.45) is 1.26. The molecule has 0 N–H and O–H groups in total. The first-order valence-corrected chi connectivity index (χ1v) is 11.1. The molecule has 158 valence electrons. The van der Waals surface area contributed by atoms with Crippen LogP contribution in [0.15, 0.2) is 83.8 Å². The highest BCUT2D eigenvalue weighted by atomic mass is 32.1. The zero-order valence-corrected chi connectivity index (χ0v) is 18.2. The van der Waals surface area contributed by atoms with Crippen molar-refractivity contribution < 1.29 is 4.79 Å². The molecule has 5 rings (SSSR count). The Morgan fingerprint density at radius 3 is 2.59 bits per heavy atom. The number of para-hydroxylation sites is 3. The molecular formula is C25H20N4O2S. The molecule has 0 saturated heterocycles. The molecule has 6 nitrogen and oxygen atoms in total. The van der Waals surface area contributed by atoms with Gasteiger partial charge in [0.2, 0.25) is 5.91 Å². The minimum atomic E-state index is -0.308. The van der Waals surface area contributed by atoms with Crippen molar-refractivity contribution in [1.82, 2.24) is 14.5 Å². The molecule has 0 saturated carbocycles. The molecule has 2 heterocycles. The predicted octanol–water partition coefficient (Wildman–Crippen LogP) is 4.55. The van der Waals surface area contributed by atoms with E-state index in [-0.39, 0.29) is 18.0 Å². The van der Waals surface area contributed by atoms with E-state index in [0.717, 1.165) is 21.3 Å². The summed E-state index contributed by atoms with van der Waals surface area (Å²) in [4.78, 5) is 36.8. The fourth-order valence-corrected chi connectivity index (χ4v) is 4.78. The van der Waals surface area contributed by atoms with Gasteiger partial charge in [-0.05, 0) is 36.2 Å². The largest absolute Gasteiger partial charge is 0.296 e. The standard InChI is InChI=1S/C25H20N4O2S/c1-17-8-7-13-21-24(17)27-25(32-21)29(15-18-9-3-2-4-10-18)23(31)16-28-20-12-6-5-11-19(20)26-14-22(28)30/h2-14H,15-16H2,1H3. The Morgan fingerprint density at radius 2 is 1.78 bits per heavy atom. The number of anilines is 1. The predicted molar refractivity (Wildman–Crippen MR) is 128 cm³/mol. The Kier molecular flexibility index (Phi) is 5.25. The summed E-state index contributed by atoms with van der Waals surface area (Å²) in [5, 5.41) is 0.620. The van der Waals surface area contributed by atoms with Crippen LogP contribution in [-0.4, -0.2) is 20.4 Å². The number of thiazole rings is 1. The molecule has 0 atom stereocenters. The van der Waals surface area contributed by atoms with Crippen LogP contribution in [-0.2, 0) is 17.9 Å². The highest BCUT2D eigenvalue weighted by Gasteiger charge is 2.22. The summed E-state index contributed by atoms with van der Waals surface area (Å²) in [5.41, 5.74) is 3.94. The number of hydrogen-bond donors (Lipinski definition) is 0. The molecule has 0 spiro atoms. The quantitative estimate of drug-likeness (QED) is 0.402. The smallest absolute Gasteiger partial charge is 0.269 e. The molecule has 0 aliphatic heterocycles. The molecule has 0 aliphatic rings. The van der Waals surface area contributed by atoms with Crippen molar-refractivity contribution in [3.63, 3.8) is 0 Å². The molecule has 7 heteroatoms. The van der Waals surface area contributed by atoms with Gasteiger partial charge >= 0.3 is 0 Å². The van der Waals surface area contributed by atoms with Crippen LogP contribution < -0.4 is 10.5 Å². The van der Waals surface area contributed by atoms with E-state index < -0.39 is 0 Å². The van der Waals surface area contributed by atoms with Crippen molar-refractivity contribution >= 4 is 43.6 Å². The van der Waals surface area contributed by atoms with E-state index in [4.69, 9.17) is 4.98 Å². The summed E-state index contributed by atoms with van der Waals surface area (Å²) in [6, 6.07) is 23.1. The first-order chi connectivity index (χ1) is 15.6. The number of rotatable bonds is 5.